The number of fused-ring (bicyclic) bond motifs is 5. The largest absolute Gasteiger partial charge is 0.471 e. The van der Waals surface area contributed by atoms with Gasteiger partial charge in [0.25, 0.3) is 5.91 Å². The number of hydrogen-bond acceptors (Lipinski definition) is 11. The Balaban J connectivity index is 1.20. The molecule has 6 aliphatic rings. The smallest absolute Gasteiger partial charge is 0.408 e. The zero-order valence-electron chi connectivity index (χ0n) is 31.5. The van der Waals surface area contributed by atoms with Crippen molar-refractivity contribution in [1.82, 2.24) is 30.2 Å². The second kappa shape index (κ2) is 14.5. The van der Waals surface area contributed by atoms with Gasteiger partial charge in [-0.1, -0.05) is 45.8 Å². The number of sulfonamides is 1. The van der Waals surface area contributed by atoms with Crippen molar-refractivity contribution in [1.29, 1.82) is 0 Å². The van der Waals surface area contributed by atoms with Crippen LogP contribution in [0, 0.1) is 17.3 Å². The number of nitrogens with one attached hydrogen (secondary N) is 3. The van der Waals surface area contributed by atoms with Crippen molar-refractivity contribution in [2.75, 3.05) is 13.7 Å². The van der Waals surface area contributed by atoms with Crippen LogP contribution < -0.4 is 20.1 Å². The Kier molecular flexibility index (Phi) is 10.3. The van der Waals surface area contributed by atoms with Crippen LogP contribution in [-0.4, -0.2) is 102 Å². The lowest BCUT2D eigenvalue weighted by Gasteiger charge is -2.35. The predicted octanol–water partition coefficient (Wildman–Crippen LogP) is 2.72. The third-order valence-electron chi connectivity index (χ3n) is 11.6. The van der Waals surface area contributed by atoms with E-state index in [9.17, 15) is 27.6 Å². The standard InChI is InChI=1S/C38H52N6O9S/c1-6-22-19-38(22,35(47)43-54(49,50)25-13-14-25)42-32(45)29-18-24-20-44(29)34(46)31(37(2,3)4)41-36(48)53-30-16-21(30)10-8-7-9-11-27-33(52-24)40-28-17-23(51-5)12-15-26(28)39-27/h6,12,15,21-25,29-31H,1,7-11,13-14,16-20H2,2-5H3,(H,41,48)(H,42,45)(H,43,47)/t21?,22-,23?,24-,29+,30-,31-,38-/m1/s1. The summed E-state index contributed by atoms with van der Waals surface area (Å²) in [5, 5.41) is 4.98. The van der Waals surface area contributed by atoms with Crippen molar-refractivity contribution in [3.8, 4) is 5.88 Å². The van der Waals surface area contributed by atoms with E-state index in [-0.39, 0.29) is 37.5 Å². The number of alkyl carbamates (subject to hydrolysis) is 1. The van der Waals surface area contributed by atoms with Gasteiger partial charge in [-0.25, -0.2) is 23.2 Å². The average Bonchev–Trinajstić information content (AvgIpc) is 4.04. The molecule has 4 aliphatic carbocycles. The molecule has 3 saturated carbocycles. The highest BCUT2D eigenvalue weighted by Gasteiger charge is 2.62. The van der Waals surface area contributed by atoms with E-state index in [4.69, 9.17) is 24.2 Å². The molecule has 16 heteroatoms. The van der Waals surface area contributed by atoms with Crippen LogP contribution in [0.1, 0.15) is 95.6 Å². The van der Waals surface area contributed by atoms with Crippen molar-refractivity contribution < 1.29 is 41.8 Å². The summed E-state index contributed by atoms with van der Waals surface area (Å²) in [6, 6.07) is -2.21. The highest BCUT2D eigenvalue weighted by atomic mass is 32.2. The Bertz CT molecular complexity index is 1840. The number of amides is 4. The summed E-state index contributed by atoms with van der Waals surface area (Å²) in [5.41, 5.74) is -0.170. The summed E-state index contributed by atoms with van der Waals surface area (Å²) >= 11 is 0. The molecule has 2 bridgehead atoms. The molecule has 0 aromatic carbocycles. The van der Waals surface area contributed by atoms with Crippen LogP contribution in [0.4, 0.5) is 4.79 Å². The minimum absolute atomic E-state index is 0.0239. The molecule has 0 radical (unpaired) electrons. The van der Waals surface area contributed by atoms with Gasteiger partial charge in [-0.05, 0) is 62.4 Å². The first-order valence-electron chi connectivity index (χ1n) is 19.2. The molecule has 294 valence electrons. The summed E-state index contributed by atoms with van der Waals surface area (Å²) in [5.74, 6) is -1.91. The predicted molar refractivity (Wildman–Crippen MR) is 196 cm³/mol. The van der Waals surface area contributed by atoms with Crippen LogP contribution in [0.5, 0.6) is 5.88 Å². The molecule has 0 spiro atoms. The van der Waals surface area contributed by atoms with E-state index in [1.165, 1.54) is 11.0 Å². The van der Waals surface area contributed by atoms with Crippen molar-refractivity contribution >= 4 is 39.9 Å². The molecule has 1 aromatic rings. The lowest BCUT2D eigenvalue weighted by Crippen LogP contribution is -2.60. The molecule has 2 unspecified atom stereocenters. The Morgan fingerprint density at radius 3 is 2.56 bits per heavy atom. The number of carbonyl (C=O) groups is 4. The Morgan fingerprint density at radius 1 is 1.09 bits per heavy atom. The maximum Gasteiger partial charge on any atom is 0.408 e. The summed E-state index contributed by atoms with van der Waals surface area (Å²) in [7, 11) is -2.26. The maximum atomic E-state index is 14.6. The number of aryl methyl sites for hydroxylation is 1. The Morgan fingerprint density at radius 2 is 1.87 bits per heavy atom. The van der Waals surface area contributed by atoms with E-state index in [1.54, 1.807) is 7.11 Å². The second-order valence-electron chi connectivity index (χ2n) is 16.8. The first kappa shape index (κ1) is 38.2. The molecule has 2 aliphatic heterocycles. The normalized spacial score (nSPS) is 32.6. The molecular weight excluding hydrogens is 717 g/mol. The lowest BCUT2D eigenvalue weighted by atomic mass is 9.85. The SMILES string of the molecule is C=C[C@@H]1C[C@]1(NC(=O)[C@@H]1C[C@@H]2CN1C(=O)[C@H](C(C)(C)C)NC(=O)O[C@@H]1CC1CCCCCc1nc3c(nc1O2)CC(OC)C=C3)C(=O)NS(=O)(=O)C1CC1. The van der Waals surface area contributed by atoms with E-state index >= 15 is 0 Å². The molecule has 15 nitrogen and oxygen atoms in total. The van der Waals surface area contributed by atoms with E-state index in [0.29, 0.717) is 37.3 Å². The lowest BCUT2D eigenvalue weighted by molar-refractivity contribution is -0.142. The third kappa shape index (κ3) is 8.00. The molecule has 8 atom stereocenters. The van der Waals surface area contributed by atoms with Crippen molar-refractivity contribution in [3.63, 3.8) is 0 Å². The van der Waals surface area contributed by atoms with Gasteiger partial charge in [0.2, 0.25) is 27.7 Å². The van der Waals surface area contributed by atoms with Crippen molar-refractivity contribution in [2.24, 2.45) is 17.3 Å². The van der Waals surface area contributed by atoms with Crippen LogP contribution >= 0.6 is 0 Å². The van der Waals surface area contributed by atoms with Crippen LogP contribution in [0.2, 0.25) is 0 Å². The van der Waals surface area contributed by atoms with Gasteiger partial charge in [-0.3, -0.25) is 19.1 Å². The number of hydrogen-bond donors (Lipinski definition) is 3. The van der Waals surface area contributed by atoms with Crippen LogP contribution in [0.3, 0.4) is 0 Å². The fraction of sp³-hybridized carbons (Fsp3) is 0.684. The molecular formula is C38H52N6O9S. The van der Waals surface area contributed by atoms with Crippen molar-refractivity contribution in [2.45, 2.75) is 133 Å². The van der Waals surface area contributed by atoms with Gasteiger partial charge >= 0.3 is 6.09 Å². The van der Waals surface area contributed by atoms with Gasteiger partial charge < -0.3 is 29.7 Å². The van der Waals surface area contributed by atoms with Gasteiger partial charge in [0.1, 0.15) is 35.5 Å². The average molecular weight is 769 g/mol. The van der Waals surface area contributed by atoms with Gasteiger partial charge in [0, 0.05) is 25.9 Å². The van der Waals surface area contributed by atoms with E-state index in [0.717, 1.165) is 43.5 Å². The number of ether oxygens (including phenoxy) is 3. The van der Waals surface area contributed by atoms with Crippen LogP contribution in [0.25, 0.3) is 6.08 Å². The number of rotatable bonds is 7. The minimum Gasteiger partial charge on any atom is -0.471 e. The second-order valence-corrected chi connectivity index (χ2v) is 18.8. The molecule has 7 rings (SSSR count). The van der Waals surface area contributed by atoms with E-state index < -0.39 is 74.1 Å². The Labute approximate surface area is 316 Å². The summed E-state index contributed by atoms with van der Waals surface area (Å²) in [6.07, 6.45) is 10.3. The number of methoxy groups -OCH3 is 1. The first-order valence-corrected chi connectivity index (χ1v) is 20.7. The Hall–Kier alpha value is -4.05. The van der Waals surface area contributed by atoms with Gasteiger partial charge in [0.05, 0.1) is 29.3 Å². The summed E-state index contributed by atoms with van der Waals surface area (Å²) in [4.78, 5) is 67.0. The molecule has 3 N–H and O–H groups in total. The molecule has 1 aromatic heterocycles. The van der Waals surface area contributed by atoms with E-state index in [1.807, 2.05) is 32.9 Å². The quantitative estimate of drug-likeness (QED) is 0.345. The number of carbonyl (C=O) groups excluding carboxylic acids is 4. The van der Waals surface area contributed by atoms with Crippen LogP contribution in [0.15, 0.2) is 18.7 Å². The summed E-state index contributed by atoms with van der Waals surface area (Å²) < 4.78 is 45.5. The fourth-order valence-corrected chi connectivity index (χ4v) is 9.23. The minimum atomic E-state index is -3.90. The highest BCUT2D eigenvalue weighted by molar-refractivity contribution is 7.91. The molecule has 4 fully saturated rings. The topological polar surface area (TPSA) is 195 Å². The first-order chi connectivity index (χ1) is 25.6. The number of nitrogens with zero attached hydrogens (tertiary/aromatic N) is 3. The molecule has 3 heterocycles. The fourth-order valence-electron chi connectivity index (χ4n) is 7.86. The summed E-state index contributed by atoms with van der Waals surface area (Å²) in [6.45, 7) is 9.21. The van der Waals surface area contributed by atoms with Gasteiger partial charge in [-0.2, -0.15) is 0 Å². The number of aromatic nitrogens is 2. The van der Waals surface area contributed by atoms with Gasteiger partial charge in [0.15, 0.2) is 0 Å². The zero-order valence-corrected chi connectivity index (χ0v) is 32.3. The van der Waals surface area contributed by atoms with Crippen molar-refractivity contribution in [3.05, 3.63) is 35.8 Å². The van der Waals surface area contributed by atoms with Gasteiger partial charge in [-0.15, -0.1) is 6.58 Å². The zero-order chi connectivity index (χ0) is 38.6. The van der Waals surface area contributed by atoms with Crippen LogP contribution in [-0.2, 0) is 46.7 Å². The molecule has 54 heavy (non-hydrogen) atoms. The highest BCUT2D eigenvalue weighted by Crippen LogP contribution is 2.46. The maximum absolute atomic E-state index is 14.6. The molecule has 4 amide bonds. The monoisotopic (exact) mass is 768 g/mol. The third-order valence-corrected chi connectivity index (χ3v) is 13.4. The van der Waals surface area contributed by atoms with E-state index in [2.05, 4.69) is 21.9 Å². The molecule has 1 saturated heterocycles.